The van der Waals surface area contributed by atoms with Gasteiger partial charge < -0.3 is 10.3 Å². The summed E-state index contributed by atoms with van der Waals surface area (Å²) in [6.07, 6.45) is 3.87. The zero-order valence-electron chi connectivity index (χ0n) is 10.6. The van der Waals surface area contributed by atoms with Gasteiger partial charge in [0.15, 0.2) is 0 Å². The van der Waals surface area contributed by atoms with E-state index < -0.39 is 10.0 Å². The lowest BCUT2D eigenvalue weighted by Gasteiger charge is -2.10. The molecule has 6 nitrogen and oxygen atoms in total. The number of nitrogens with zero attached hydrogens (tertiary/aromatic N) is 1. The largest absolute Gasteiger partial charge is 0.387 e. The number of aromatic amines is 1. The van der Waals surface area contributed by atoms with Gasteiger partial charge in [0.05, 0.1) is 5.69 Å². The summed E-state index contributed by atoms with van der Waals surface area (Å²) in [5.74, 6) is 0.754. The van der Waals surface area contributed by atoms with Crippen molar-refractivity contribution < 1.29 is 8.42 Å². The van der Waals surface area contributed by atoms with Crippen molar-refractivity contribution >= 4 is 15.7 Å². The molecule has 0 bridgehead atoms. The molecule has 0 aliphatic carbocycles. The van der Waals surface area contributed by atoms with Gasteiger partial charge in [-0.1, -0.05) is 12.1 Å². The van der Waals surface area contributed by atoms with Crippen LogP contribution < -0.4 is 10.0 Å². The second-order valence-corrected chi connectivity index (χ2v) is 5.67. The minimum atomic E-state index is -3.51. The Hall–Kier alpha value is -1.86. The van der Waals surface area contributed by atoms with Crippen LogP contribution in [0.15, 0.2) is 41.6 Å². The molecule has 0 saturated carbocycles. The first-order valence-electron chi connectivity index (χ1n) is 5.88. The minimum Gasteiger partial charge on any atom is -0.387 e. The second-order valence-electron chi connectivity index (χ2n) is 3.93. The van der Waals surface area contributed by atoms with Gasteiger partial charge in [0.2, 0.25) is 10.0 Å². The van der Waals surface area contributed by atoms with Gasteiger partial charge in [-0.15, -0.1) is 0 Å². The molecule has 0 radical (unpaired) electrons. The Morgan fingerprint density at radius 3 is 2.79 bits per heavy atom. The molecule has 102 valence electrons. The summed E-state index contributed by atoms with van der Waals surface area (Å²) in [4.78, 5) is 7.21. The Bertz CT molecular complexity index is 623. The van der Waals surface area contributed by atoms with Crippen LogP contribution in [0.4, 0.5) is 5.69 Å². The Balaban J connectivity index is 2.05. The maximum absolute atomic E-state index is 12.2. The molecule has 0 saturated heterocycles. The first kappa shape index (κ1) is 13.6. The summed E-state index contributed by atoms with van der Waals surface area (Å²) in [7, 11) is -1.82. The van der Waals surface area contributed by atoms with Crippen molar-refractivity contribution in [1.29, 1.82) is 0 Å². The van der Waals surface area contributed by atoms with Crippen molar-refractivity contribution in [1.82, 2.24) is 14.7 Å². The van der Waals surface area contributed by atoms with Gasteiger partial charge >= 0.3 is 0 Å². The third-order valence-electron chi connectivity index (χ3n) is 2.65. The fourth-order valence-electron chi connectivity index (χ4n) is 1.72. The van der Waals surface area contributed by atoms with Crippen LogP contribution in [-0.4, -0.2) is 32.0 Å². The molecule has 19 heavy (non-hydrogen) atoms. The number of imidazole rings is 1. The van der Waals surface area contributed by atoms with Crippen LogP contribution in [0.3, 0.4) is 0 Å². The van der Waals surface area contributed by atoms with Crippen molar-refractivity contribution in [3.63, 3.8) is 0 Å². The molecule has 0 amide bonds. The van der Waals surface area contributed by atoms with E-state index in [0.29, 0.717) is 18.7 Å². The molecule has 0 aliphatic rings. The molecule has 7 heteroatoms. The van der Waals surface area contributed by atoms with E-state index in [1.807, 2.05) is 0 Å². The van der Waals surface area contributed by atoms with Gasteiger partial charge in [0.1, 0.15) is 10.7 Å². The summed E-state index contributed by atoms with van der Waals surface area (Å²) >= 11 is 0. The van der Waals surface area contributed by atoms with Crippen LogP contribution in [-0.2, 0) is 16.4 Å². The Labute approximate surface area is 112 Å². The maximum atomic E-state index is 12.2. The minimum absolute atomic E-state index is 0.247. The fourth-order valence-corrected chi connectivity index (χ4v) is 2.97. The van der Waals surface area contributed by atoms with E-state index in [1.54, 1.807) is 43.7 Å². The molecule has 0 fully saturated rings. The number of hydrogen-bond acceptors (Lipinski definition) is 4. The molecule has 0 aliphatic heterocycles. The first-order valence-corrected chi connectivity index (χ1v) is 7.36. The number of para-hydroxylation sites is 1. The smallest absolute Gasteiger partial charge is 0.242 e. The molecule has 0 atom stereocenters. The van der Waals surface area contributed by atoms with Crippen LogP contribution in [0.25, 0.3) is 0 Å². The summed E-state index contributed by atoms with van der Waals surface area (Å²) in [5, 5.41) is 2.87. The van der Waals surface area contributed by atoms with Crippen LogP contribution in [0.1, 0.15) is 5.82 Å². The highest BCUT2D eigenvalue weighted by Crippen LogP contribution is 2.19. The zero-order chi connectivity index (χ0) is 13.7. The molecule has 2 aromatic rings. The lowest BCUT2D eigenvalue weighted by atomic mass is 10.3. The second kappa shape index (κ2) is 5.85. The van der Waals surface area contributed by atoms with Crippen LogP contribution in [0.2, 0.25) is 0 Å². The highest BCUT2D eigenvalue weighted by molar-refractivity contribution is 7.89. The highest BCUT2D eigenvalue weighted by atomic mass is 32.2. The number of aromatic nitrogens is 2. The summed E-state index contributed by atoms with van der Waals surface area (Å²) in [6, 6.07) is 6.78. The SMILES string of the molecule is CNc1ccccc1S(=O)(=O)NCCc1ncc[nH]1. The Morgan fingerprint density at radius 1 is 1.32 bits per heavy atom. The molecule has 0 spiro atoms. The zero-order valence-corrected chi connectivity index (χ0v) is 11.4. The average Bonchev–Trinajstić information content (AvgIpc) is 2.91. The molecule has 1 heterocycles. The molecule has 3 N–H and O–H groups in total. The number of benzene rings is 1. The van der Waals surface area contributed by atoms with Crippen molar-refractivity contribution in [2.45, 2.75) is 11.3 Å². The standard InChI is InChI=1S/C12H16N4O2S/c1-13-10-4-2-3-5-11(10)19(17,18)16-7-6-12-14-8-9-15-12/h2-5,8-9,13,16H,6-7H2,1H3,(H,14,15). The van der Waals surface area contributed by atoms with Crippen LogP contribution >= 0.6 is 0 Å². The maximum Gasteiger partial charge on any atom is 0.242 e. The molecule has 2 rings (SSSR count). The molecular formula is C12H16N4O2S. The number of rotatable bonds is 6. The molecule has 1 aromatic carbocycles. The molecular weight excluding hydrogens is 264 g/mol. The first-order chi connectivity index (χ1) is 9.13. The normalized spacial score (nSPS) is 11.4. The van der Waals surface area contributed by atoms with Crippen LogP contribution in [0, 0.1) is 0 Å². The van der Waals surface area contributed by atoms with E-state index in [0.717, 1.165) is 5.82 Å². The van der Waals surface area contributed by atoms with Gasteiger partial charge in [0.25, 0.3) is 0 Å². The predicted octanol–water partition coefficient (Wildman–Crippen LogP) is 0.972. The summed E-state index contributed by atoms with van der Waals surface area (Å²) in [6.45, 7) is 0.299. The van der Waals surface area contributed by atoms with Crippen molar-refractivity contribution in [2.75, 3.05) is 18.9 Å². The Morgan fingerprint density at radius 2 is 2.11 bits per heavy atom. The lowest BCUT2D eigenvalue weighted by molar-refractivity contribution is 0.581. The van der Waals surface area contributed by atoms with Gasteiger partial charge in [-0.3, -0.25) is 0 Å². The predicted molar refractivity (Wildman–Crippen MR) is 73.5 cm³/mol. The topological polar surface area (TPSA) is 86.9 Å². The number of H-pyrrole nitrogens is 1. The number of sulfonamides is 1. The molecule has 1 aromatic heterocycles. The lowest BCUT2D eigenvalue weighted by Crippen LogP contribution is -2.26. The van der Waals surface area contributed by atoms with E-state index in [1.165, 1.54) is 0 Å². The summed E-state index contributed by atoms with van der Waals surface area (Å²) < 4.78 is 26.9. The van der Waals surface area contributed by atoms with Crippen molar-refractivity contribution in [3.05, 3.63) is 42.5 Å². The molecule has 0 unspecified atom stereocenters. The quantitative estimate of drug-likeness (QED) is 0.736. The number of nitrogens with one attached hydrogen (secondary N) is 3. The van der Waals surface area contributed by atoms with E-state index in [9.17, 15) is 8.42 Å². The van der Waals surface area contributed by atoms with E-state index in [2.05, 4.69) is 20.0 Å². The van der Waals surface area contributed by atoms with E-state index >= 15 is 0 Å². The van der Waals surface area contributed by atoms with E-state index in [4.69, 9.17) is 0 Å². The van der Waals surface area contributed by atoms with Gasteiger partial charge in [0, 0.05) is 32.4 Å². The van der Waals surface area contributed by atoms with Crippen molar-refractivity contribution in [3.8, 4) is 0 Å². The monoisotopic (exact) mass is 280 g/mol. The number of anilines is 1. The fraction of sp³-hybridized carbons (Fsp3) is 0.250. The third-order valence-corrected chi connectivity index (χ3v) is 4.17. The van der Waals surface area contributed by atoms with E-state index in [-0.39, 0.29) is 4.90 Å². The average molecular weight is 280 g/mol. The summed E-state index contributed by atoms with van der Waals surface area (Å²) in [5.41, 5.74) is 0.577. The number of hydrogen-bond donors (Lipinski definition) is 3. The van der Waals surface area contributed by atoms with Gasteiger partial charge in [-0.25, -0.2) is 18.1 Å². The van der Waals surface area contributed by atoms with Gasteiger partial charge in [-0.2, -0.15) is 0 Å². The van der Waals surface area contributed by atoms with Crippen molar-refractivity contribution in [2.24, 2.45) is 0 Å². The highest BCUT2D eigenvalue weighted by Gasteiger charge is 2.16. The Kier molecular flexibility index (Phi) is 4.18. The third kappa shape index (κ3) is 3.33. The van der Waals surface area contributed by atoms with Gasteiger partial charge in [-0.05, 0) is 12.1 Å². The van der Waals surface area contributed by atoms with Crippen LogP contribution in [0.5, 0.6) is 0 Å².